The summed E-state index contributed by atoms with van der Waals surface area (Å²) in [6, 6.07) is 12.4. The summed E-state index contributed by atoms with van der Waals surface area (Å²) in [5.74, 6) is 1.30. The molecule has 0 bridgehead atoms. The Labute approximate surface area is 155 Å². The molecule has 1 aliphatic heterocycles. The minimum absolute atomic E-state index is 0.00205. The molecule has 3 rings (SSSR count). The third kappa shape index (κ3) is 3.35. The minimum Gasteiger partial charge on any atom is -0.354 e. The van der Waals surface area contributed by atoms with Gasteiger partial charge in [0, 0.05) is 41.3 Å². The lowest BCUT2D eigenvalue weighted by molar-refractivity contribution is -0.384. The third-order valence-electron chi connectivity index (χ3n) is 5.22. The molecule has 0 N–H and O–H groups in total. The molecule has 0 aliphatic carbocycles. The van der Waals surface area contributed by atoms with Crippen molar-refractivity contribution in [2.75, 3.05) is 23.7 Å². The average molecular weight is 373 g/mol. The molecule has 1 unspecified atom stereocenters. The minimum atomic E-state index is -0.862. The van der Waals surface area contributed by atoms with Crippen LogP contribution in [-0.4, -0.2) is 37.7 Å². The van der Waals surface area contributed by atoms with Crippen LogP contribution in [0.4, 0.5) is 11.5 Å². The highest BCUT2D eigenvalue weighted by Gasteiger charge is 2.39. The van der Waals surface area contributed by atoms with Gasteiger partial charge in [-0.3, -0.25) is 14.3 Å². The van der Waals surface area contributed by atoms with Gasteiger partial charge >= 0.3 is 0 Å². The first-order valence-electron chi connectivity index (χ1n) is 8.85. The number of rotatable bonds is 5. The van der Waals surface area contributed by atoms with E-state index in [9.17, 15) is 14.3 Å². The fourth-order valence-corrected chi connectivity index (χ4v) is 5.24. The van der Waals surface area contributed by atoms with Crippen molar-refractivity contribution in [1.29, 1.82) is 0 Å². The predicted molar refractivity (Wildman–Crippen MR) is 105 cm³/mol. The third-order valence-corrected chi connectivity index (χ3v) is 7.45. The Hall–Kier alpha value is -2.28. The Kier molecular flexibility index (Phi) is 5.36. The lowest BCUT2D eigenvalue weighted by Crippen LogP contribution is -2.53. The van der Waals surface area contributed by atoms with Crippen LogP contribution in [0, 0.1) is 10.1 Å². The molecule has 6 nitrogen and oxygen atoms in total. The number of nitro groups is 1. The van der Waals surface area contributed by atoms with Crippen molar-refractivity contribution in [3.63, 3.8) is 0 Å². The van der Waals surface area contributed by atoms with Crippen molar-refractivity contribution in [1.82, 2.24) is 4.98 Å². The monoisotopic (exact) mass is 373 g/mol. The first kappa shape index (κ1) is 18.5. The van der Waals surface area contributed by atoms with Gasteiger partial charge in [-0.2, -0.15) is 0 Å². The number of nitrogens with zero attached hydrogens (tertiary/aromatic N) is 3. The van der Waals surface area contributed by atoms with Crippen molar-refractivity contribution < 1.29 is 9.13 Å². The molecule has 0 spiro atoms. The van der Waals surface area contributed by atoms with E-state index in [0.717, 1.165) is 18.4 Å². The van der Waals surface area contributed by atoms with Gasteiger partial charge in [-0.25, -0.2) is 4.98 Å². The summed E-state index contributed by atoms with van der Waals surface area (Å²) in [5, 5.41) is 11.4. The molecule has 138 valence electrons. The van der Waals surface area contributed by atoms with Crippen molar-refractivity contribution in [3.05, 3.63) is 52.6 Å². The average Bonchev–Trinajstić information content (AvgIpc) is 2.68. The van der Waals surface area contributed by atoms with Gasteiger partial charge in [0.15, 0.2) is 5.69 Å². The lowest BCUT2D eigenvalue weighted by Gasteiger charge is -2.41. The highest BCUT2D eigenvalue weighted by atomic mass is 32.2. The topological polar surface area (TPSA) is 76.3 Å². The van der Waals surface area contributed by atoms with Crippen LogP contribution in [0.1, 0.15) is 26.7 Å². The lowest BCUT2D eigenvalue weighted by atomic mass is 10.0. The predicted octanol–water partition coefficient (Wildman–Crippen LogP) is 3.78. The van der Waals surface area contributed by atoms with Crippen LogP contribution >= 0.6 is 0 Å². The maximum atomic E-state index is 12.6. The van der Waals surface area contributed by atoms with Crippen LogP contribution in [0.15, 0.2) is 42.5 Å². The van der Waals surface area contributed by atoms with Crippen LogP contribution in [0.3, 0.4) is 0 Å². The molecular formula is C19H23N3O3S. The second kappa shape index (κ2) is 7.53. The quantitative estimate of drug-likeness (QED) is 0.589. The molecule has 0 amide bonds. The number of anilines is 1. The van der Waals surface area contributed by atoms with Gasteiger partial charge in [0.1, 0.15) is 5.82 Å². The molecule has 1 aliphatic rings. The van der Waals surface area contributed by atoms with Gasteiger partial charge in [-0.05, 0) is 18.9 Å². The maximum Gasteiger partial charge on any atom is 0.295 e. The molecule has 2 aromatic rings. The van der Waals surface area contributed by atoms with Crippen molar-refractivity contribution >= 4 is 22.3 Å². The van der Waals surface area contributed by atoms with Crippen LogP contribution in [0.5, 0.6) is 0 Å². The largest absolute Gasteiger partial charge is 0.354 e. The van der Waals surface area contributed by atoms with E-state index in [4.69, 9.17) is 0 Å². The first-order valence-corrected chi connectivity index (χ1v) is 10.2. The van der Waals surface area contributed by atoms with Crippen molar-refractivity contribution in [2.45, 2.75) is 31.4 Å². The smallest absolute Gasteiger partial charge is 0.295 e. The summed E-state index contributed by atoms with van der Waals surface area (Å²) in [4.78, 5) is 17.8. The molecule has 1 aromatic heterocycles. The summed E-state index contributed by atoms with van der Waals surface area (Å²) < 4.78 is 12.3. The Balaban J connectivity index is 2.01. The van der Waals surface area contributed by atoms with E-state index in [1.54, 1.807) is 6.07 Å². The van der Waals surface area contributed by atoms with Gasteiger partial charge in [0.05, 0.1) is 9.67 Å². The van der Waals surface area contributed by atoms with Gasteiger partial charge in [0.25, 0.3) is 5.69 Å². The first-order chi connectivity index (χ1) is 12.5. The van der Waals surface area contributed by atoms with Gasteiger partial charge in [0.2, 0.25) is 0 Å². The standard InChI is InChI=1S/C19H23N3O3S/c1-3-19(4-2)14-21(12-13-26(19)25)17-11-10-16(22(23)24)18(20-17)15-8-6-5-7-9-15/h5-11H,3-4,12-14H2,1-2H3. The SMILES string of the molecule is CCC1(CC)CN(c2ccc([N+](=O)[O-])c(-c3ccccc3)n2)CCS1=O. The van der Waals surface area contributed by atoms with Gasteiger partial charge < -0.3 is 4.90 Å². The van der Waals surface area contributed by atoms with Crippen LogP contribution in [0.25, 0.3) is 11.3 Å². The van der Waals surface area contributed by atoms with Crippen LogP contribution < -0.4 is 4.90 Å². The van der Waals surface area contributed by atoms with E-state index in [1.807, 2.05) is 30.3 Å². The summed E-state index contributed by atoms with van der Waals surface area (Å²) >= 11 is 0. The molecule has 7 heteroatoms. The molecule has 1 atom stereocenters. The van der Waals surface area contributed by atoms with E-state index in [0.29, 0.717) is 30.4 Å². The van der Waals surface area contributed by atoms with Gasteiger partial charge in [-0.1, -0.05) is 44.2 Å². The summed E-state index contributed by atoms with van der Waals surface area (Å²) in [7, 11) is -0.862. The van der Waals surface area contributed by atoms with E-state index in [2.05, 4.69) is 23.7 Å². The van der Waals surface area contributed by atoms with Gasteiger partial charge in [-0.15, -0.1) is 0 Å². The second-order valence-corrected chi connectivity index (χ2v) is 8.49. The van der Waals surface area contributed by atoms with E-state index >= 15 is 0 Å². The number of aromatic nitrogens is 1. The Morgan fingerprint density at radius 1 is 1.19 bits per heavy atom. The molecule has 1 saturated heterocycles. The Morgan fingerprint density at radius 3 is 2.50 bits per heavy atom. The fraction of sp³-hybridized carbons (Fsp3) is 0.421. The zero-order chi connectivity index (χ0) is 18.7. The zero-order valence-electron chi connectivity index (χ0n) is 15.1. The molecule has 26 heavy (non-hydrogen) atoms. The van der Waals surface area contributed by atoms with E-state index in [1.165, 1.54) is 6.07 Å². The summed E-state index contributed by atoms with van der Waals surface area (Å²) in [6.45, 7) is 5.45. The summed E-state index contributed by atoms with van der Waals surface area (Å²) in [6.07, 6.45) is 1.68. The number of hydrogen-bond acceptors (Lipinski definition) is 5. The molecular weight excluding hydrogens is 350 g/mol. The Bertz CT molecular complexity index is 822. The van der Waals surface area contributed by atoms with E-state index < -0.39 is 15.7 Å². The number of hydrogen-bond donors (Lipinski definition) is 0. The van der Waals surface area contributed by atoms with E-state index in [-0.39, 0.29) is 10.4 Å². The second-order valence-electron chi connectivity index (χ2n) is 6.52. The molecule has 1 fully saturated rings. The molecule has 0 saturated carbocycles. The fourth-order valence-electron chi connectivity index (χ4n) is 3.47. The van der Waals surface area contributed by atoms with Crippen molar-refractivity contribution in [3.8, 4) is 11.3 Å². The van der Waals surface area contributed by atoms with Crippen molar-refractivity contribution in [2.24, 2.45) is 0 Å². The molecule has 2 heterocycles. The highest BCUT2D eigenvalue weighted by molar-refractivity contribution is 7.86. The molecule has 1 aromatic carbocycles. The number of benzene rings is 1. The molecule has 0 radical (unpaired) electrons. The maximum absolute atomic E-state index is 12.6. The summed E-state index contributed by atoms with van der Waals surface area (Å²) in [5.41, 5.74) is 1.09. The Morgan fingerprint density at radius 2 is 1.88 bits per heavy atom. The zero-order valence-corrected chi connectivity index (χ0v) is 15.9. The highest BCUT2D eigenvalue weighted by Crippen LogP contribution is 2.34. The van der Waals surface area contributed by atoms with Crippen LogP contribution in [-0.2, 0) is 10.8 Å². The number of pyridine rings is 1. The normalized spacial score (nSPS) is 19.3. The van der Waals surface area contributed by atoms with Crippen LogP contribution in [0.2, 0.25) is 0 Å².